The number of rotatable bonds is 2. The van der Waals surface area contributed by atoms with E-state index in [2.05, 4.69) is 24.2 Å². The van der Waals surface area contributed by atoms with Crippen LogP contribution in [0.25, 0.3) is 0 Å². The molecule has 4 heteroatoms. The molecule has 0 aromatic rings. The Hall–Kier alpha value is -0.380. The van der Waals surface area contributed by atoms with Crippen molar-refractivity contribution in [3.63, 3.8) is 0 Å². The third kappa shape index (κ3) is 4.41. The first kappa shape index (κ1) is 10.7. The molecule has 1 heterocycles. The first-order valence-electron chi connectivity index (χ1n) is 4.86. The second kappa shape index (κ2) is 5.37. The molecule has 0 unspecified atom stereocenters. The Morgan fingerprint density at radius 1 is 1.46 bits per heavy atom. The summed E-state index contributed by atoms with van der Waals surface area (Å²) in [6, 6.07) is 0.828. The molecule has 3 nitrogen and oxygen atoms in total. The van der Waals surface area contributed by atoms with Gasteiger partial charge in [-0.05, 0) is 38.2 Å². The lowest BCUT2D eigenvalue weighted by Crippen LogP contribution is -2.38. The summed E-state index contributed by atoms with van der Waals surface area (Å²) in [5, 5.41) is 3.11. The Labute approximate surface area is 84.6 Å². The first-order chi connectivity index (χ1) is 6.18. The molecule has 76 valence electrons. The van der Waals surface area contributed by atoms with Crippen LogP contribution < -0.4 is 11.1 Å². The highest BCUT2D eigenvalue weighted by molar-refractivity contribution is 7.99. The highest BCUT2D eigenvalue weighted by atomic mass is 32.2. The Balaban J connectivity index is 2.34. The van der Waals surface area contributed by atoms with Crippen LogP contribution in [0.5, 0.6) is 0 Å². The van der Waals surface area contributed by atoms with E-state index in [4.69, 9.17) is 5.73 Å². The molecule has 3 N–H and O–H groups in total. The summed E-state index contributed by atoms with van der Waals surface area (Å²) in [6.45, 7) is 4.14. The van der Waals surface area contributed by atoms with Crippen LogP contribution in [0.15, 0.2) is 4.99 Å². The molecule has 0 aromatic carbocycles. The van der Waals surface area contributed by atoms with E-state index in [1.54, 1.807) is 0 Å². The molecule has 1 saturated heterocycles. The minimum atomic E-state index is 0.377. The molecule has 0 saturated carbocycles. The molecule has 1 rings (SSSR count). The number of nitrogens with zero attached hydrogens (tertiary/aromatic N) is 1. The lowest BCUT2D eigenvalue weighted by molar-refractivity contribution is 0.616. The minimum absolute atomic E-state index is 0.377. The third-order valence-electron chi connectivity index (χ3n) is 1.95. The van der Waals surface area contributed by atoms with Crippen molar-refractivity contribution in [3.8, 4) is 0 Å². The van der Waals surface area contributed by atoms with Gasteiger partial charge >= 0.3 is 0 Å². The van der Waals surface area contributed by atoms with Gasteiger partial charge in [0.15, 0.2) is 5.96 Å². The molecule has 0 radical (unpaired) electrons. The van der Waals surface area contributed by atoms with E-state index in [9.17, 15) is 0 Å². The molecule has 0 aliphatic carbocycles. The predicted octanol–water partition coefficient (Wildman–Crippen LogP) is 1.19. The fourth-order valence-electron chi connectivity index (χ4n) is 1.34. The summed E-state index contributed by atoms with van der Waals surface area (Å²) < 4.78 is 0. The summed E-state index contributed by atoms with van der Waals surface area (Å²) in [6.07, 6.45) is 2.34. The standard InChI is InChI=1S/C9H19N3S/c1-7(2)11-9(10)12-8-3-5-13-6-4-8/h7-8H,3-6H2,1-2H3,(H3,10,11,12). The van der Waals surface area contributed by atoms with Crippen LogP contribution in [-0.4, -0.2) is 29.5 Å². The zero-order valence-electron chi connectivity index (χ0n) is 8.42. The quantitative estimate of drug-likeness (QED) is 0.521. The largest absolute Gasteiger partial charge is 0.370 e. The Bertz CT molecular complexity index is 174. The summed E-state index contributed by atoms with van der Waals surface area (Å²) in [4.78, 5) is 4.45. The highest BCUT2D eigenvalue weighted by Gasteiger charge is 2.12. The molecule has 13 heavy (non-hydrogen) atoms. The van der Waals surface area contributed by atoms with E-state index in [1.165, 1.54) is 24.3 Å². The maximum atomic E-state index is 5.74. The fourth-order valence-corrected chi connectivity index (χ4v) is 2.43. The molecule has 0 bridgehead atoms. The van der Waals surface area contributed by atoms with Crippen LogP contribution in [0.2, 0.25) is 0 Å². The number of nitrogens with two attached hydrogens (primary N) is 1. The number of nitrogens with one attached hydrogen (secondary N) is 1. The van der Waals surface area contributed by atoms with Gasteiger partial charge in [0.2, 0.25) is 0 Å². The Kier molecular flexibility index (Phi) is 4.42. The van der Waals surface area contributed by atoms with Crippen molar-refractivity contribution in [3.05, 3.63) is 0 Å². The van der Waals surface area contributed by atoms with Gasteiger partial charge in [0.1, 0.15) is 0 Å². The summed E-state index contributed by atoms with van der Waals surface area (Å²) in [5.74, 6) is 3.05. The van der Waals surface area contributed by atoms with Crippen molar-refractivity contribution in [2.45, 2.75) is 38.8 Å². The lowest BCUT2D eigenvalue weighted by atomic mass is 10.2. The number of hydrogen-bond acceptors (Lipinski definition) is 2. The van der Waals surface area contributed by atoms with E-state index >= 15 is 0 Å². The summed E-state index contributed by atoms with van der Waals surface area (Å²) >= 11 is 2.01. The number of hydrogen-bond donors (Lipinski definition) is 2. The van der Waals surface area contributed by atoms with Crippen LogP contribution >= 0.6 is 11.8 Å². The average Bonchev–Trinajstić information content (AvgIpc) is 2.04. The van der Waals surface area contributed by atoms with Crippen LogP contribution in [0.1, 0.15) is 26.7 Å². The molecule has 1 fully saturated rings. The number of aliphatic imine (C=N–C) groups is 1. The van der Waals surface area contributed by atoms with Crippen LogP contribution in [0, 0.1) is 0 Å². The zero-order valence-corrected chi connectivity index (χ0v) is 9.23. The molecule has 0 spiro atoms. The van der Waals surface area contributed by atoms with Crippen molar-refractivity contribution in [1.29, 1.82) is 0 Å². The van der Waals surface area contributed by atoms with Gasteiger partial charge in [0.05, 0.1) is 6.04 Å². The van der Waals surface area contributed by atoms with Crippen molar-refractivity contribution < 1.29 is 0 Å². The maximum Gasteiger partial charge on any atom is 0.189 e. The van der Waals surface area contributed by atoms with Crippen molar-refractivity contribution in [2.75, 3.05) is 11.5 Å². The summed E-state index contributed by atoms with van der Waals surface area (Å²) in [7, 11) is 0. The topological polar surface area (TPSA) is 50.4 Å². The van der Waals surface area contributed by atoms with Gasteiger partial charge in [0, 0.05) is 6.04 Å². The SMILES string of the molecule is CC(C)NC(N)=NC1CCSCC1. The second-order valence-corrected chi connectivity index (χ2v) is 4.88. The van der Waals surface area contributed by atoms with Crippen LogP contribution in [-0.2, 0) is 0 Å². The van der Waals surface area contributed by atoms with Crippen LogP contribution in [0.3, 0.4) is 0 Å². The number of guanidine groups is 1. The Morgan fingerprint density at radius 3 is 2.62 bits per heavy atom. The minimum Gasteiger partial charge on any atom is -0.370 e. The molecule has 0 atom stereocenters. The van der Waals surface area contributed by atoms with Gasteiger partial charge in [0.25, 0.3) is 0 Å². The normalized spacial score (nSPS) is 20.7. The molecular weight excluding hydrogens is 182 g/mol. The smallest absolute Gasteiger partial charge is 0.189 e. The van der Waals surface area contributed by atoms with E-state index in [1.807, 2.05) is 11.8 Å². The van der Waals surface area contributed by atoms with Gasteiger partial charge in [-0.15, -0.1) is 0 Å². The monoisotopic (exact) mass is 201 g/mol. The highest BCUT2D eigenvalue weighted by Crippen LogP contribution is 2.19. The van der Waals surface area contributed by atoms with Crippen LogP contribution in [0.4, 0.5) is 0 Å². The summed E-state index contributed by atoms with van der Waals surface area (Å²) in [5.41, 5.74) is 5.74. The first-order valence-corrected chi connectivity index (χ1v) is 6.01. The van der Waals surface area contributed by atoms with E-state index in [-0.39, 0.29) is 0 Å². The molecule has 0 aromatic heterocycles. The van der Waals surface area contributed by atoms with Gasteiger partial charge in [-0.25, -0.2) is 0 Å². The van der Waals surface area contributed by atoms with Crippen molar-refractivity contribution in [2.24, 2.45) is 10.7 Å². The van der Waals surface area contributed by atoms with Crippen molar-refractivity contribution in [1.82, 2.24) is 5.32 Å². The fraction of sp³-hybridized carbons (Fsp3) is 0.889. The predicted molar refractivity (Wildman–Crippen MR) is 60.2 cm³/mol. The second-order valence-electron chi connectivity index (χ2n) is 3.66. The molecule has 0 amide bonds. The lowest BCUT2D eigenvalue weighted by Gasteiger charge is -2.18. The molecule has 1 aliphatic rings. The van der Waals surface area contributed by atoms with Crippen molar-refractivity contribution >= 4 is 17.7 Å². The van der Waals surface area contributed by atoms with E-state index in [0.29, 0.717) is 18.0 Å². The van der Waals surface area contributed by atoms with Gasteiger partial charge < -0.3 is 11.1 Å². The van der Waals surface area contributed by atoms with Gasteiger partial charge in [-0.1, -0.05) is 0 Å². The third-order valence-corrected chi connectivity index (χ3v) is 3.00. The molecule has 1 aliphatic heterocycles. The Morgan fingerprint density at radius 2 is 2.08 bits per heavy atom. The average molecular weight is 201 g/mol. The molecular formula is C9H19N3S. The zero-order chi connectivity index (χ0) is 9.68. The van der Waals surface area contributed by atoms with E-state index in [0.717, 1.165) is 0 Å². The van der Waals surface area contributed by atoms with Gasteiger partial charge in [-0.3, -0.25) is 4.99 Å². The van der Waals surface area contributed by atoms with Gasteiger partial charge in [-0.2, -0.15) is 11.8 Å². The van der Waals surface area contributed by atoms with E-state index < -0.39 is 0 Å². The number of thioether (sulfide) groups is 1. The maximum absolute atomic E-state index is 5.74.